The van der Waals surface area contributed by atoms with Crippen molar-refractivity contribution in [1.29, 1.82) is 0 Å². The first-order valence-electron chi connectivity index (χ1n) is 10.3. The number of aryl methyl sites for hydroxylation is 1. The Labute approximate surface area is 183 Å². The Hall–Kier alpha value is -2.70. The summed E-state index contributed by atoms with van der Waals surface area (Å²) in [6, 6.07) is 18.3. The van der Waals surface area contributed by atoms with Crippen molar-refractivity contribution in [3.63, 3.8) is 0 Å². The van der Waals surface area contributed by atoms with E-state index in [1.54, 1.807) is 7.11 Å². The van der Waals surface area contributed by atoms with Gasteiger partial charge in [-0.1, -0.05) is 43.3 Å². The number of hydrogen-bond donors (Lipinski definition) is 2. The predicted octanol–water partition coefficient (Wildman–Crippen LogP) is 4.00. The largest absolute Gasteiger partial charge is 0.385 e. The van der Waals surface area contributed by atoms with Gasteiger partial charge < -0.3 is 19.9 Å². The molecule has 2 N–H and O–H groups in total. The van der Waals surface area contributed by atoms with Gasteiger partial charge >= 0.3 is 0 Å². The lowest BCUT2D eigenvalue weighted by atomic mass is 10.1. The van der Waals surface area contributed by atoms with Crippen LogP contribution < -0.4 is 10.9 Å². The Morgan fingerprint density at radius 2 is 1.90 bits per heavy atom. The number of fused-ring (bicyclic) bond motifs is 1. The Bertz CT molecular complexity index is 1030. The van der Waals surface area contributed by atoms with Gasteiger partial charge in [0.15, 0.2) is 5.11 Å². The van der Waals surface area contributed by atoms with E-state index < -0.39 is 0 Å². The SMILES string of the molecule is CCc1ccc2[nH]c(=O)c(CN(Cc3ccccc3)C(=S)NCCCOC)cc2c1. The number of nitrogens with zero attached hydrogens (tertiary/aromatic N) is 1. The fourth-order valence-electron chi connectivity index (χ4n) is 3.37. The Balaban J connectivity index is 1.84. The molecule has 5 nitrogen and oxygen atoms in total. The molecule has 1 aromatic heterocycles. The maximum absolute atomic E-state index is 12.7. The number of hydrogen-bond acceptors (Lipinski definition) is 3. The second-order valence-electron chi connectivity index (χ2n) is 7.32. The zero-order chi connectivity index (χ0) is 21.3. The minimum absolute atomic E-state index is 0.0769. The van der Waals surface area contributed by atoms with E-state index in [0.29, 0.717) is 30.4 Å². The molecule has 30 heavy (non-hydrogen) atoms. The van der Waals surface area contributed by atoms with Gasteiger partial charge in [0, 0.05) is 37.9 Å². The van der Waals surface area contributed by atoms with Crippen LogP contribution >= 0.6 is 12.2 Å². The summed E-state index contributed by atoms with van der Waals surface area (Å²) in [5.74, 6) is 0. The number of benzene rings is 2. The van der Waals surface area contributed by atoms with Crippen LogP contribution in [0.3, 0.4) is 0 Å². The first-order valence-corrected chi connectivity index (χ1v) is 10.7. The highest BCUT2D eigenvalue weighted by Crippen LogP contribution is 2.16. The minimum Gasteiger partial charge on any atom is -0.385 e. The smallest absolute Gasteiger partial charge is 0.253 e. The van der Waals surface area contributed by atoms with Gasteiger partial charge in [-0.3, -0.25) is 4.79 Å². The molecule has 6 heteroatoms. The highest BCUT2D eigenvalue weighted by atomic mass is 32.1. The molecule has 0 unspecified atom stereocenters. The summed E-state index contributed by atoms with van der Waals surface area (Å²) < 4.78 is 5.11. The van der Waals surface area contributed by atoms with Gasteiger partial charge in [0.25, 0.3) is 5.56 Å². The van der Waals surface area contributed by atoms with Gasteiger partial charge in [-0.2, -0.15) is 0 Å². The Morgan fingerprint density at radius 3 is 2.63 bits per heavy atom. The number of aromatic amines is 1. The summed E-state index contributed by atoms with van der Waals surface area (Å²) in [5.41, 5.74) is 3.87. The van der Waals surface area contributed by atoms with Crippen molar-refractivity contribution in [2.45, 2.75) is 32.9 Å². The number of ether oxygens (including phenoxy) is 1. The predicted molar refractivity (Wildman–Crippen MR) is 127 cm³/mol. The maximum atomic E-state index is 12.7. The van der Waals surface area contributed by atoms with Crippen molar-refractivity contribution in [3.05, 3.63) is 81.6 Å². The second-order valence-corrected chi connectivity index (χ2v) is 7.71. The molecule has 0 spiro atoms. The second kappa shape index (κ2) is 10.9. The highest BCUT2D eigenvalue weighted by Gasteiger charge is 2.14. The topological polar surface area (TPSA) is 57.4 Å². The van der Waals surface area contributed by atoms with Gasteiger partial charge in [0.2, 0.25) is 0 Å². The van der Waals surface area contributed by atoms with E-state index in [0.717, 1.165) is 35.9 Å². The van der Waals surface area contributed by atoms with Crippen LogP contribution in [0, 0.1) is 0 Å². The van der Waals surface area contributed by atoms with Gasteiger partial charge in [0.1, 0.15) is 0 Å². The van der Waals surface area contributed by atoms with E-state index in [-0.39, 0.29) is 5.56 Å². The van der Waals surface area contributed by atoms with Crippen LogP contribution in [-0.4, -0.2) is 35.3 Å². The molecular weight excluding hydrogens is 394 g/mol. The molecule has 0 aliphatic carbocycles. The van der Waals surface area contributed by atoms with E-state index in [1.165, 1.54) is 5.56 Å². The molecule has 0 saturated carbocycles. The minimum atomic E-state index is -0.0769. The number of nitrogens with one attached hydrogen (secondary N) is 2. The molecule has 0 aliphatic heterocycles. The summed E-state index contributed by atoms with van der Waals surface area (Å²) in [5, 5.41) is 4.98. The third-order valence-electron chi connectivity index (χ3n) is 5.06. The van der Waals surface area contributed by atoms with Crippen molar-refractivity contribution in [2.24, 2.45) is 0 Å². The van der Waals surface area contributed by atoms with Crippen molar-refractivity contribution < 1.29 is 4.74 Å². The molecule has 0 amide bonds. The Morgan fingerprint density at radius 1 is 1.10 bits per heavy atom. The molecule has 3 aromatic rings. The van der Waals surface area contributed by atoms with Crippen LogP contribution in [-0.2, 0) is 24.2 Å². The average Bonchev–Trinajstić information content (AvgIpc) is 2.77. The van der Waals surface area contributed by atoms with Gasteiger partial charge in [-0.15, -0.1) is 0 Å². The van der Waals surface area contributed by atoms with Crippen LogP contribution in [0.25, 0.3) is 10.9 Å². The van der Waals surface area contributed by atoms with Crippen molar-refractivity contribution >= 4 is 28.2 Å². The molecule has 0 atom stereocenters. The van der Waals surface area contributed by atoms with Crippen LogP contribution in [0.4, 0.5) is 0 Å². The summed E-state index contributed by atoms with van der Waals surface area (Å²) in [6.07, 6.45) is 1.83. The normalized spacial score (nSPS) is 10.9. The van der Waals surface area contributed by atoms with Crippen molar-refractivity contribution in [3.8, 4) is 0 Å². The Kier molecular flexibility index (Phi) is 7.99. The van der Waals surface area contributed by atoms with Gasteiger partial charge in [-0.05, 0) is 59.8 Å². The first kappa shape index (κ1) is 22.0. The number of pyridine rings is 1. The maximum Gasteiger partial charge on any atom is 0.253 e. The number of thiocarbonyl (C=S) groups is 1. The summed E-state index contributed by atoms with van der Waals surface area (Å²) in [7, 11) is 1.69. The van der Waals surface area contributed by atoms with Gasteiger partial charge in [0.05, 0.1) is 6.54 Å². The number of aromatic nitrogens is 1. The lowest BCUT2D eigenvalue weighted by Gasteiger charge is -2.26. The molecule has 1 heterocycles. The molecule has 0 saturated heterocycles. The van der Waals surface area contributed by atoms with Crippen LogP contribution in [0.2, 0.25) is 0 Å². The number of methoxy groups -OCH3 is 1. The van der Waals surface area contributed by atoms with Crippen LogP contribution in [0.5, 0.6) is 0 Å². The molecule has 0 radical (unpaired) electrons. The van der Waals surface area contributed by atoms with E-state index in [1.807, 2.05) is 35.2 Å². The van der Waals surface area contributed by atoms with E-state index in [4.69, 9.17) is 17.0 Å². The molecule has 3 rings (SSSR count). The summed E-state index contributed by atoms with van der Waals surface area (Å²) in [6.45, 7) is 4.60. The summed E-state index contributed by atoms with van der Waals surface area (Å²) in [4.78, 5) is 17.8. The molecular formula is C24H29N3O2S. The fourth-order valence-corrected chi connectivity index (χ4v) is 3.60. The third-order valence-corrected chi connectivity index (χ3v) is 5.46. The van der Waals surface area contributed by atoms with E-state index >= 15 is 0 Å². The monoisotopic (exact) mass is 423 g/mol. The lowest BCUT2D eigenvalue weighted by molar-refractivity contribution is 0.195. The molecule has 158 valence electrons. The van der Waals surface area contributed by atoms with Gasteiger partial charge in [-0.25, -0.2) is 0 Å². The molecule has 0 aliphatic rings. The quantitative estimate of drug-likeness (QED) is 0.402. The first-order chi connectivity index (χ1) is 14.6. The molecule has 0 fully saturated rings. The van der Waals surface area contributed by atoms with E-state index in [9.17, 15) is 4.79 Å². The number of rotatable bonds is 9. The van der Waals surface area contributed by atoms with E-state index in [2.05, 4.69) is 41.5 Å². The standard InChI is InChI=1S/C24H29N3O2S/c1-3-18-10-11-22-20(14-18)15-21(23(28)26-22)17-27(16-19-8-5-4-6-9-19)24(30)25-12-7-13-29-2/h4-6,8-11,14-15H,3,7,12-13,16-17H2,1-2H3,(H,25,30)(H,26,28). The van der Waals surface area contributed by atoms with Crippen molar-refractivity contribution in [2.75, 3.05) is 20.3 Å². The highest BCUT2D eigenvalue weighted by molar-refractivity contribution is 7.80. The molecule has 0 bridgehead atoms. The lowest BCUT2D eigenvalue weighted by Crippen LogP contribution is -2.40. The van der Waals surface area contributed by atoms with Crippen LogP contribution in [0.1, 0.15) is 30.0 Å². The average molecular weight is 424 g/mol. The fraction of sp³-hybridized carbons (Fsp3) is 0.333. The zero-order valence-electron chi connectivity index (χ0n) is 17.6. The summed E-state index contributed by atoms with van der Waals surface area (Å²) >= 11 is 5.66. The van der Waals surface area contributed by atoms with Crippen LogP contribution in [0.15, 0.2) is 59.4 Å². The zero-order valence-corrected chi connectivity index (χ0v) is 18.4. The molecule has 2 aromatic carbocycles. The van der Waals surface area contributed by atoms with Crippen molar-refractivity contribution in [1.82, 2.24) is 15.2 Å². The third kappa shape index (κ3) is 5.90. The number of H-pyrrole nitrogens is 1.